The van der Waals surface area contributed by atoms with E-state index in [1.807, 2.05) is 18.2 Å². The molecule has 2 aromatic heterocycles. The van der Waals surface area contributed by atoms with Gasteiger partial charge in [-0.3, -0.25) is 4.79 Å². The first-order chi connectivity index (χ1) is 13.8. The second-order valence-corrected chi connectivity index (χ2v) is 9.96. The van der Waals surface area contributed by atoms with Gasteiger partial charge in [0.2, 0.25) is 10.0 Å². The van der Waals surface area contributed by atoms with Crippen molar-refractivity contribution in [1.82, 2.24) is 4.72 Å². The quantitative estimate of drug-likeness (QED) is 0.463. The molecule has 0 aliphatic heterocycles. The Balaban J connectivity index is 1.75. The van der Waals surface area contributed by atoms with Gasteiger partial charge in [0.15, 0.2) is 0 Å². The predicted octanol–water partition coefficient (Wildman–Crippen LogP) is 4.70. The standard InChI is InChI=1S/C21H19NO5S2/c1-12(2)20(21(23)24)22-29(25,26)15-4-6-17-16-5-3-13(14-7-8-27-11-14)9-18(16)28-19(17)10-15/h3-12,20,22H,1-2H3,(H,23,24)/t20-/m0/s1. The van der Waals surface area contributed by atoms with Crippen molar-refractivity contribution in [3.05, 3.63) is 55.0 Å². The first kappa shape index (κ1) is 19.6. The van der Waals surface area contributed by atoms with E-state index in [4.69, 9.17) is 4.42 Å². The number of fused-ring (bicyclic) bond motifs is 3. The maximum atomic E-state index is 12.7. The molecule has 0 spiro atoms. The van der Waals surface area contributed by atoms with Crippen molar-refractivity contribution < 1.29 is 22.7 Å². The monoisotopic (exact) mass is 429 g/mol. The second kappa shape index (κ2) is 7.29. The third-order valence-electron chi connectivity index (χ3n) is 4.82. The van der Waals surface area contributed by atoms with Crippen LogP contribution < -0.4 is 4.72 Å². The summed E-state index contributed by atoms with van der Waals surface area (Å²) >= 11 is 1.50. The summed E-state index contributed by atoms with van der Waals surface area (Å²) in [5, 5.41) is 11.3. The smallest absolute Gasteiger partial charge is 0.322 e. The Hall–Kier alpha value is -2.68. The first-order valence-electron chi connectivity index (χ1n) is 9.00. The summed E-state index contributed by atoms with van der Waals surface area (Å²) in [5.41, 5.74) is 2.00. The minimum absolute atomic E-state index is 0.0542. The lowest BCUT2D eigenvalue weighted by molar-refractivity contribution is -0.140. The molecule has 6 nitrogen and oxygen atoms in total. The zero-order valence-electron chi connectivity index (χ0n) is 15.7. The molecule has 0 amide bonds. The second-order valence-electron chi connectivity index (χ2n) is 7.16. The van der Waals surface area contributed by atoms with Gasteiger partial charge in [0.05, 0.1) is 17.4 Å². The van der Waals surface area contributed by atoms with Crippen molar-refractivity contribution in [1.29, 1.82) is 0 Å². The van der Waals surface area contributed by atoms with Gasteiger partial charge >= 0.3 is 5.97 Å². The molecule has 0 bridgehead atoms. The van der Waals surface area contributed by atoms with Gasteiger partial charge in [0, 0.05) is 25.7 Å². The van der Waals surface area contributed by atoms with Crippen LogP contribution in [0.4, 0.5) is 0 Å². The maximum Gasteiger partial charge on any atom is 0.322 e. The number of carboxylic acid groups (broad SMARTS) is 1. The van der Waals surface area contributed by atoms with Crippen LogP contribution in [-0.4, -0.2) is 25.5 Å². The predicted molar refractivity (Wildman–Crippen MR) is 114 cm³/mol. The largest absolute Gasteiger partial charge is 0.480 e. The van der Waals surface area contributed by atoms with Crippen molar-refractivity contribution >= 4 is 47.5 Å². The van der Waals surface area contributed by atoms with Gasteiger partial charge in [-0.2, -0.15) is 4.72 Å². The highest BCUT2D eigenvalue weighted by atomic mass is 32.2. The number of thiophene rings is 1. The van der Waals surface area contributed by atoms with Crippen LogP contribution >= 0.6 is 11.3 Å². The number of furan rings is 1. The molecule has 0 aliphatic carbocycles. The van der Waals surface area contributed by atoms with Crippen molar-refractivity contribution in [3.63, 3.8) is 0 Å². The number of rotatable bonds is 6. The number of hydrogen-bond donors (Lipinski definition) is 2. The van der Waals surface area contributed by atoms with E-state index in [9.17, 15) is 18.3 Å². The van der Waals surface area contributed by atoms with E-state index in [0.29, 0.717) is 0 Å². The Kier molecular flexibility index (Phi) is 4.94. The lowest BCUT2D eigenvalue weighted by Crippen LogP contribution is -2.44. The van der Waals surface area contributed by atoms with Crippen LogP contribution in [0.1, 0.15) is 13.8 Å². The van der Waals surface area contributed by atoms with Crippen molar-refractivity contribution in [2.45, 2.75) is 24.8 Å². The number of hydrogen-bond acceptors (Lipinski definition) is 5. The van der Waals surface area contributed by atoms with Gasteiger partial charge in [0.25, 0.3) is 0 Å². The third kappa shape index (κ3) is 3.66. The van der Waals surface area contributed by atoms with E-state index in [2.05, 4.69) is 10.8 Å². The molecule has 4 rings (SSSR count). The number of sulfonamides is 1. The Bertz CT molecular complexity index is 1300. The van der Waals surface area contributed by atoms with Crippen molar-refractivity contribution in [2.24, 2.45) is 5.92 Å². The summed E-state index contributed by atoms with van der Waals surface area (Å²) in [6.45, 7) is 3.32. The molecule has 0 fully saturated rings. The molecule has 0 saturated carbocycles. The maximum absolute atomic E-state index is 12.7. The molecule has 2 heterocycles. The normalized spacial score (nSPS) is 13.3. The van der Waals surface area contributed by atoms with Gasteiger partial charge in [-0.05, 0) is 35.7 Å². The highest BCUT2D eigenvalue weighted by Gasteiger charge is 2.28. The van der Waals surface area contributed by atoms with Crippen LogP contribution in [0.3, 0.4) is 0 Å². The minimum atomic E-state index is -3.96. The SMILES string of the molecule is CC(C)[C@H](NS(=O)(=O)c1ccc2c(c1)sc1cc(-c3ccoc3)ccc12)C(=O)O. The highest BCUT2D eigenvalue weighted by molar-refractivity contribution is 7.89. The molecular formula is C21H19NO5S2. The molecule has 1 atom stereocenters. The molecule has 0 saturated heterocycles. The van der Waals surface area contributed by atoms with E-state index in [1.54, 1.807) is 38.5 Å². The summed E-state index contributed by atoms with van der Waals surface area (Å²) in [5.74, 6) is -1.57. The first-order valence-corrected chi connectivity index (χ1v) is 11.3. The Morgan fingerprint density at radius 2 is 1.72 bits per heavy atom. The summed E-state index contributed by atoms with van der Waals surface area (Å²) in [6.07, 6.45) is 3.30. The Morgan fingerprint density at radius 3 is 2.34 bits per heavy atom. The molecule has 2 aromatic carbocycles. The summed E-state index contributed by atoms with van der Waals surface area (Å²) in [4.78, 5) is 11.4. The molecule has 29 heavy (non-hydrogen) atoms. The molecule has 4 aromatic rings. The highest BCUT2D eigenvalue weighted by Crippen LogP contribution is 2.37. The number of carbonyl (C=O) groups is 1. The molecule has 2 N–H and O–H groups in total. The van der Waals surface area contributed by atoms with Crippen LogP contribution in [0.2, 0.25) is 0 Å². The molecule has 150 valence electrons. The van der Waals surface area contributed by atoms with Crippen LogP contribution in [0.5, 0.6) is 0 Å². The van der Waals surface area contributed by atoms with E-state index >= 15 is 0 Å². The fourth-order valence-electron chi connectivity index (χ4n) is 3.24. The molecule has 8 heteroatoms. The lowest BCUT2D eigenvalue weighted by Gasteiger charge is -2.18. The zero-order valence-corrected chi connectivity index (χ0v) is 17.4. The Labute approximate surface area is 171 Å². The average Bonchev–Trinajstić information content (AvgIpc) is 3.32. The van der Waals surface area contributed by atoms with Crippen molar-refractivity contribution in [2.75, 3.05) is 0 Å². The summed E-state index contributed by atoms with van der Waals surface area (Å²) < 4.78 is 34.8. The van der Waals surface area contributed by atoms with Crippen LogP contribution in [0.25, 0.3) is 31.3 Å². The average molecular weight is 430 g/mol. The van der Waals surface area contributed by atoms with Gasteiger partial charge in [0.1, 0.15) is 6.04 Å². The third-order valence-corrected chi connectivity index (χ3v) is 7.38. The lowest BCUT2D eigenvalue weighted by atomic mass is 10.1. The van der Waals surface area contributed by atoms with Gasteiger partial charge in [-0.1, -0.05) is 32.0 Å². The van der Waals surface area contributed by atoms with Gasteiger partial charge in [-0.15, -0.1) is 11.3 Å². The number of nitrogens with one attached hydrogen (secondary N) is 1. The van der Waals surface area contributed by atoms with E-state index in [-0.39, 0.29) is 10.8 Å². The topological polar surface area (TPSA) is 96.6 Å². The number of aliphatic carboxylic acids is 1. The summed E-state index contributed by atoms with van der Waals surface area (Å²) in [6, 6.07) is 11.7. The number of benzene rings is 2. The minimum Gasteiger partial charge on any atom is -0.480 e. The molecule has 0 unspecified atom stereocenters. The number of carboxylic acids is 1. The van der Waals surface area contributed by atoms with Crippen LogP contribution in [0, 0.1) is 5.92 Å². The van der Waals surface area contributed by atoms with Crippen LogP contribution in [-0.2, 0) is 14.8 Å². The molecule has 0 radical (unpaired) electrons. The fraction of sp³-hybridized carbons (Fsp3) is 0.190. The molecule has 0 aliphatic rings. The fourth-order valence-corrected chi connectivity index (χ4v) is 5.86. The molecular weight excluding hydrogens is 410 g/mol. The Morgan fingerprint density at radius 1 is 1.03 bits per heavy atom. The van der Waals surface area contributed by atoms with Gasteiger partial charge in [-0.25, -0.2) is 8.42 Å². The van der Waals surface area contributed by atoms with E-state index < -0.39 is 22.0 Å². The summed E-state index contributed by atoms with van der Waals surface area (Å²) in [7, 11) is -3.96. The van der Waals surface area contributed by atoms with Gasteiger partial charge < -0.3 is 9.52 Å². The van der Waals surface area contributed by atoms with Crippen LogP contribution in [0.15, 0.2) is 64.3 Å². The van der Waals surface area contributed by atoms with E-state index in [1.165, 1.54) is 17.4 Å². The van der Waals surface area contributed by atoms with E-state index in [0.717, 1.165) is 31.3 Å². The zero-order chi connectivity index (χ0) is 20.8. The van der Waals surface area contributed by atoms with Crippen molar-refractivity contribution in [3.8, 4) is 11.1 Å².